The summed E-state index contributed by atoms with van der Waals surface area (Å²) in [6, 6.07) is 0. The van der Waals surface area contributed by atoms with Crippen molar-refractivity contribution in [1.82, 2.24) is 14.7 Å². The van der Waals surface area contributed by atoms with Crippen molar-refractivity contribution in [2.24, 2.45) is 0 Å². The molecule has 0 aliphatic heterocycles. The minimum Gasteiger partial charge on any atom is -0.308 e. The normalized spacial score (nSPS) is 10.8. The van der Waals surface area contributed by atoms with Crippen molar-refractivity contribution < 1.29 is 0 Å². The fraction of sp³-hybridized carbons (Fsp3) is 0.571. The summed E-state index contributed by atoms with van der Waals surface area (Å²) in [5.74, 6) is 0. The molecule has 3 nitrogen and oxygen atoms in total. The first-order valence-corrected chi connectivity index (χ1v) is 3.61. The fourth-order valence-electron chi connectivity index (χ4n) is 0.804. The molecule has 11 heavy (non-hydrogen) atoms. The third kappa shape index (κ3) is 2.76. The number of hydrogen-bond donors (Lipinski definition) is 0. The maximum Gasteiger partial charge on any atom is 0.118 e. The van der Waals surface area contributed by atoms with E-state index < -0.39 is 0 Å². The number of nitrogens with zero attached hydrogens (tertiary/aromatic N) is 3. The van der Waals surface area contributed by atoms with Crippen LogP contribution in [0, 0.1) is 0 Å². The Morgan fingerprint density at radius 3 is 2.82 bits per heavy atom. The van der Waals surface area contributed by atoms with E-state index in [9.17, 15) is 0 Å². The lowest BCUT2D eigenvalue weighted by Crippen LogP contribution is -2.18. The molecule has 2 radical (unpaired) electrons. The minimum atomic E-state index is 0.726. The second kappa shape index (κ2) is 3.58. The summed E-state index contributed by atoms with van der Waals surface area (Å²) in [5.41, 5.74) is 0.726. The standard InChI is InChI=1S/C7H12BN3/c1-10(2)3-4-11-6-7(8)5-9-11/h5-6H,3-4H2,1-2H3. The zero-order valence-electron chi connectivity index (χ0n) is 6.99. The molecule has 0 fully saturated rings. The van der Waals surface area contributed by atoms with Gasteiger partial charge in [0.2, 0.25) is 0 Å². The highest BCUT2D eigenvalue weighted by atomic mass is 15.3. The summed E-state index contributed by atoms with van der Waals surface area (Å²) in [6.45, 7) is 1.88. The maximum absolute atomic E-state index is 5.49. The molecule has 0 spiro atoms. The third-order valence-corrected chi connectivity index (χ3v) is 1.43. The van der Waals surface area contributed by atoms with Crippen molar-refractivity contribution >= 4 is 13.3 Å². The van der Waals surface area contributed by atoms with Gasteiger partial charge >= 0.3 is 0 Å². The van der Waals surface area contributed by atoms with Gasteiger partial charge in [0.25, 0.3) is 0 Å². The average molecular weight is 149 g/mol. The summed E-state index contributed by atoms with van der Waals surface area (Å²) >= 11 is 0. The number of hydrogen-bond acceptors (Lipinski definition) is 2. The summed E-state index contributed by atoms with van der Waals surface area (Å²) in [7, 11) is 9.56. The van der Waals surface area contributed by atoms with Crippen LogP contribution in [0.25, 0.3) is 0 Å². The quantitative estimate of drug-likeness (QED) is 0.526. The Morgan fingerprint density at radius 2 is 2.36 bits per heavy atom. The lowest BCUT2D eigenvalue weighted by molar-refractivity contribution is 0.373. The van der Waals surface area contributed by atoms with E-state index in [4.69, 9.17) is 7.85 Å². The lowest BCUT2D eigenvalue weighted by atomic mass is 10.0. The molecule has 0 saturated heterocycles. The van der Waals surface area contributed by atoms with Crippen LogP contribution in [0.2, 0.25) is 0 Å². The van der Waals surface area contributed by atoms with Gasteiger partial charge in [-0.05, 0) is 14.1 Å². The summed E-state index contributed by atoms with van der Waals surface area (Å²) in [6.07, 6.45) is 3.50. The Hall–Kier alpha value is -0.765. The van der Waals surface area contributed by atoms with Crippen LogP contribution in [0.4, 0.5) is 0 Å². The molecule has 58 valence electrons. The highest BCUT2D eigenvalue weighted by molar-refractivity contribution is 6.31. The van der Waals surface area contributed by atoms with E-state index in [1.807, 2.05) is 25.0 Å². The average Bonchev–Trinajstić information content (AvgIpc) is 2.31. The molecule has 1 heterocycles. The van der Waals surface area contributed by atoms with E-state index >= 15 is 0 Å². The molecule has 0 aromatic carbocycles. The van der Waals surface area contributed by atoms with Gasteiger partial charge in [-0.25, -0.2) is 0 Å². The largest absolute Gasteiger partial charge is 0.308 e. The van der Waals surface area contributed by atoms with Crippen LogP contribution in [-0.2, 0) is 6.54 Å². The van der Waals surface area contributed by atoms with Gasteiger partial charge in [0, 0.05) is 18.9 Å². The first-order chi connectivity index (χ1) is 5.18. The van der Waals surface area contributed by atoms with Crippen LogP contribution in [0.1, 0.15) is 0 Å². The molecule has 1 aromatic rings. The van der Waals surface area contributed by atoms with E-state index in [-0.39, 0.29) is 0 Å². The van der Waals surface area contributed by atoms with Gasteiger partial charge in [0.05, 0.1) is 6.54 Å². The zero-order valence-corrected chi connectivity index (χ0v) is 6.99. The van der Waals surface area contributed by atoms with Crippen molar-refractivity contribution in [3.8, 4) is 0 Å². The number of rotatable bonds is 3. The Balaban J connectivity index is 2.39. The second-order valence-corrected chi connectivity index (χ2v) is 2.84. The smallest absolute Gasteiger partial charge is 0.118 e. The molecular weight excluding hydrogens is 137 g/mol. The molecular formula is C7H12BN3. The topological polar surface area (TPSA) is 21.1 Å². The van der Waals surface area contributed by atoms with Gasteiger partial charge in [0.15, 0.2) is 0 Å². The van der Waals surface area contributed by atoms with Crippen molar-refractivity contribution in [3.63, 3.8) is 0 Å². The molecule has 0 unspecified atom stereocenters. The van der Waals surface area contributed by atoms with E-state index in [2.05, 4.69) is 10.00 Å². The zero-order chi connectivity index (χ0) is 8.27. The Kier molecular flexibility index (Phi) is 2.71. The van der Waals surface area contributed by atoms with Crippen molar-refractivity contribution in [1.29, 1.82) is 0 Å². The van der Waals surface area contributed by atoms with Crippen LogP contribution in [0.15, 0.2) is 12.4 Å². The minimum absolute atomic E-state index is 0.726. The van der Waals surface area contributed by atoms with Crippen molar-refractivity contribution in [2.75, 3.05) is 20.6 Å². The molecule has 0 N–H and O–H groups in total. The van der Waals surface area contributed by atoms with Crippen molar-refractivity contribution in [3.05, 3.63) is 12.4 Å². The predicted molar refractivity (Wildman–Crippen MR) is 46.2 cm³/mol. The molecule has 0 aliphatic rings. The number of likely N-dealkylation sites (N-methyl/N-ethyl adjacent to an activating group) is 1. The molecule has 0 saturated carbocycles. The van der Waals surface area contributed by atoms with Crippen LogP contribution >= 0.6 is 0 Å². The van der Waals surface area contributed by atoms with Crippen molar-refractivity contribution in [2.45, 2.75) is 6.54 Å². The second-order valence-electron chi connectivity index (χ2n) is 2.84. The summed E-state index contributed by atoms with van der Waals surface area (Å²) < 4.78 is 1.84. The summed E-state index contributed by atoms with van der Waals surface area (Å²) in [4.78, 5) is 2.11. The van der Waals surface area contributed by atoms with Crippen LogP contribution in [0.3, 0.4) is 0 Å². The Labute approximate surface area is 68.4 Å². The molecule has 0 aliphatic carbocycles. The van der Waals surface area contributed by atoms with E-state index in [1.54, 1.807) is 6.20 Å². The van der Waals surface area contributed by atoms with Gasteiger partial charge in [-0.2, -0.15) is 5.10 Å². The van der Waals surface area contributed by atoms with Crippen LogP contribution < -0.4 is 5.46 Å². The van der Waals surface area contributed by atoms with Gasteiger partial charge in [-0.1, -0.05) is 5.46 Å². The third-order valence-electron chi connectivity index (χ3n) is 1.43. The SMILES string of the molecule is [B]c1cnn(CCN(C)C)c1. The van der Waals surface area contributed by atoms with Gasteiger partial charge in [-0.15, -0.1) is 0 Å². The molecule has 0 amide bonds. The Morgan fingerprint density at radius 1 is 1.64 bits per heavy atom. The fourth-order valence-corrected chi connectivity index (χ4v) is 0.804. The van der Waals surface area contributed by atoms with Crippen LogP contribution in [-0.4, -0.2) is 43.2 Å². The first kappa shape index (κ1) is 8.33. The molecule has 4 heteroatoms. The predicted octanol–water partition coefficient (Wildman–Crippen LogP) is -0.761. The van der Waals surface area contributed by atoms with Gasteiger partial charge in [-0.3, -0.25) is 4.68 Å². The highest BCUT2D eigenvalue weighted by Gasteiger charge is 1.93. The monoisotopic (exact) mass is 149 g/mol. The first-order valence-electron chi connectivity index (χ1n) is 3.61. The Bertz CT molecular complexity index is 219. The van der Waals surface area contributed by atoms with Gasteiger partial charge < -0.3 is 4.90 Å². The number of aromatic nitrogens is 2. The van der Waals surface area contributed by atoms with Gasteiger partial charge in [0.1, 0.15) is 7.85 Å². The van der Waals surface area contributed by atoms with Crippen LogP contribution in [0.5, 0.6) is 0 Å². The molecule has 0 bridgehead atoms. The molecule has 1 aromatic heterocycles. The van der Waals surface area contributed by atoms with E-state index in [1.165, 1.54) is 0 Å². The molecule has 1 rings (SSSR count). The van der Waals surface area contributed by atoms with E-state index in [0.29, 0.717) is 0 Å². The molecule has 0 atom stereocenters. The summed E-state index contributed by atoms with van der Waals surface area (Å²) in [5, 5.41) is 4.05. The highest BCUT2D eigenvalue weighted by Crippen LogP contribution is 1.82. The van der Waals surface area contributed by atoms with E-state index in [0.717, 1.165) is 18.6 Å². The lowest BCUT2D eigenvalue weighted by Gasteiger charge is -2.08. The maximum atomic E-state index is 5.49.